The van der Waals surface area contributed by atoms with Crippen LogP contribution in [0.3, 0.4) is 0 Å². The van der Waals surface area contributed by atoms with Crippen molar-refractivity contribution in [2.45, 2.75) is 19.4 Å². The summed E-state index contributed by atoms with van der Waals surface area (Å²) in [7, 11) is 0. The lowest BCUT2D eigenvalue weighted by Gasteiger charge is -2.15. The molecule has 0 amide bonds. The molecule has 4 aromatic rings. The predicted octanol–water partition coefficient (Wildman–Crippen LogP) is 4.37. The molecule has 1 atom stereocenters. The molecule has 2 heterocycles. The number of para-hydroxylation sites is 2. The van der Waals surface area contributed by atoms with Crippen LogP contribution in [-0.2, 0) is 0 Å². The zero-order valence-electron chi connectivity index (χ0n) is 15.6. The van der Waals surface area contributed by atoms with E-state index >= 15 is 0 Å². The SMILES string of the molecule is CCC(CO)Nc1ccc2ncc(-c3ccccc3Oc3ccccc3)n2n1. The lowest BCUT2D eigenvalue weighted by atomic mass is 10.1. The summed E-state index contributed by atoms with van der Waals surface area (Å²) in [6.45, 7) is 2.08. The molecule has 6 heteroatoms. The van der Waals surface area contributed by atoms with Gasteiger partial charge in [-0.25, -0.2) is 9.50 Å². The van der Waals surface area contributed by atoms with Gasteiger partial charge in [0.2, 0.25) is 0 Å². The number of anilines is 1. The molecule has 0 saturated heterocycles. The lowest BCUT2D eigenvalue weighted by molar-refractivity contribution is 0.271. The van der Waals surface area contributed by atoms with E-state index < -0.39 is 0 Å². The molecular formula is C22H22N4O2. The number of fused-ring (bicyclic) bond motifs is 1. The molecule has 0 radical (unpaired) electrons. The van der Waals surface area contributed by atoms with E-state index in [1.54, 1.807) is 10.7 Å². The van der Waals surface area contributed by atoms with Crippen LogP contribution < -0.4 is 10.1 Å². The van der Waals surface area contributed by atoms with Crippen LogP contribution in [0.15, 0.2) is 72.9 Å². The summed E-state index contributed by atoms with van der Waals surface area (Å²) >= 11 is 0. The third-order valence-electron chi connectivity index (χ3n) is 4.56. The largest absolute Gasteiger partial charge is 0.457 e. The fourth-order valence-electron chi connectivity index (χ4n) is 3.00. The highest BCUT2D eigenvalue weighted by Gasteiger charge is 2.14. The Hall–Kier alpha value is -3.38. The molecule has 2 aromatic carbocycles. The topological polar surface area (TPSA) is 71.7 Å². The number of imidazole rings is 1. The predicted molar refractivity (Wildman–Crippen MR) is 110 cm³/mol. The van der Waals surface area contributed by atoms with Crippen LogP contribution in [-0.4, -0.2) is 32.4 Å². The summed E-state index contributed by atoms with van der Waals surface area (Å²) in [5.41, 5.74) is 2.48. The van der Waals surface area contributed by atoms with E-state index in [1.807, 2.05) is 73.7 Å². The van der Waals surface area contributed by atoms with Crippen molar-refractivity contribution in [3.05, 3.63) is 72.9 Å². The van der Waals surface area contributed by atoms with Crippen LogP contribution in [0.2, 0.25) is 0 Å². The number of benzene rings is 2. The highest BCUT2D eigenvalue weighted by molar-refractivity contribution is 5.70. The van der Waals surface area contributed by atoms with Gasteiger partial charge in [-0.05, 0) is 42.8 Å². The van der Waals surface area contributed by atoms with E-state index in [9.17, 15) is 5.11 Å². The van der Waals surface area contributed by atoms with Crippen molar-refractivity contribution in [1.29, 1.82) is 0 Å². The van der Waals surface area contributed by atoms with Gasteiger partial charge in [-0.3, -0.25) is 0 Å². The molecule has 0 fully saturated rings. The molecule has 0 aliphatic carbocycles. The Balaban J connectivity index is 1.73. The van der Waals surface area contributed by atoms with Crippen molar-refractivity contribution >= 4 is 11.5 Å². The summed E-state index contributed by atoms with van der Waals surface area (Å²) in [5.74, 6) is 2.19. The van der Waals surface area contributed by atoms with E-state index in [-0.39, 0.29) is 12.6 Å². The third-order valence-corrected chi connectivity index (χ3v) is 4.56. The second kappa shape index (κ2) is 8.10. The molecule has 0 saturated carbocycles. The van der Waals surface area contributed by atoms with Gasteiger partial charge in [0.25, 0.3) is 0 Å². The van der Waals surface area contributed by atoms with Crippen molar-refractivity contribution < 1.29 is 9.84 Å². The van der Waals surface area contributed by atoms with Crippen LogP contribution in [0.25, 0.3) is 16.9 Å². The fourth-order valence-corrected chi connectivity index (χ4v) is 3.00. The van der Waals surface area contributed by atoms with Gasteiger partial charge >= 0.3 is 0 Å². The van der Waals surface area contributed by atoms with E-state index in [1.165, 1.54) is 0 Å². The van der Waals surface area contributed by atoms with Gasteiger partial charge in [0.05, 0.1) is 24.5 Å². The van der Waals surface area contributed by atoms with E-state index in [2.05, 4.69) is 15.4 Å². The second-order valence-electron chi connectivity index (χ2n) is 6.48. The van der Waals surface area contributed by atoms with Crippen molar-refractivity contribution in [3.8, 4) is 22.8 Å². The first-order valence-corrected chi connectivity index (χ1v) is 9.33. The zero-order valence-corrected chi connectivity index (χ0v) is 15.6. The molecule has 2 N–H and O–H groups in total. The first kappa shape index (κ1) is 18.0. The van der Waals surface area contributed by atoms with Gasteiger partial charge in [-0.1, -0.05) is 37.3 Å². The molecule has 0 bridgehead atoms. The molecule has 2 aromatic heterocycles. The quantitative estimate of drug-likeness (QED) is 0.503. The van der Waals surface area contributed by atoms with Gasteiger partial charge in [0.1, 0.15) is 17.3 Å². The molecule has 142 valence electrons. The van der Waals surface area contributed by atoms with Crippen LogP contribution in [0, 0.1) is 0 Å². The average Bonchev–Trinajstić information content (AvgIpc) is 3.16. The van der Waals surface area contributed by atoms with Crippen LogP contribution in [0.5, 0.6) is 11.5 Å². The molecule has 0 aliphatic heterocycles. The maximum atomic E-state index is 9.44. The average molecular weight is 374 g/mol. The van der Waals surface area contributed by atoms with E-state index in [0.717, 1.165) is 34.8 Å². The normalized spacial score (nSPS) is 12.1. The Kier molecular flexibility index (Phi) is 5.21. The second-order valence-corrected chi connectivity index (χ2v) is 6.48. The number of rotatable bonds is 7. The molecular weight excluding hydrogens is 352 g/mol. The minimum Gasteiger partial charge on any atom is -0.457 e. The third kappa shape index (κ3) is 3.68. The minimum absolute atomic E-state index is 0.0365. The molecule has 28 heavy (non-hydrogen) atoms. The fraction of sp³-hybridized carbons (Fsp3) is 0.182. The van der Waals surface area contributed by atoms with E-state index in [0.29, 0.717) is 5.82 Å². The van der Waals surface area contributed by atoms with Crippen molar-refractivity contribution in [3.63, 3.8) is 0 Å². The van der Waals surface area contributed by atoms with Gasteiger partial charge in [0.15, 0.2) is 5.65 Å². The van der Waals surface area contributed by atoms with Gasteiger partial charge < -0.3 is 15.2 Å². The summed E-state index contributed by atoms with van der Waals surface area (Å²) in [4.78, 5) is 4.47. The molecule has 0 aliphatic rings. The highest BCUT2D eigenvalue weighted by Crippen LogP contribution is 2.33. The smallest absolute Gasteiger partial charge is 0.154 e. The molecule has 1 unspecified atom stereocenters. The van der Waals surface area contributed by atoms with Crippen molar-refractivity contribution in [1.82, 2.24) is 14.6 Å². The first-order chi connectivity index (χ1) is 13.8. The maximum absolute atomic E-state index is 9.44. The van der Waals surface area contributed by atoms with Gasteiger partial charge in [0, 0.05) is 5.56 Å². The number of nitrogens with one attached hydrogen (secondary N) is 1. The summed E-state index contributed by atoms with van der Waals surface area (Å²) < 4.78 is 7.89. The van der Waals surface area contributed by atoms with Crippen molar-refractivity contribution in [2.75, 3.05) is 11.9 Å². The van der Waals surface area contributed by atoms with Crippen LogP contribution in [0.1, 0.15) is 13.3 Å². The van der Waals surface area contributed by atoms with E-state index in [4.69, 9.17) is 4.74 Å². The summed E-state index contributed by atoms with van der Waals surface area (Å²) in [6.07, 6.45) is 2.60. The Morgan fingerprint density at radius 2 is 1.82 bits per heavy atom. The standard InChI is InChI=1S/C22H22N4O2/c1-2-16(15-27)24-21-12-13-22-23-14-19(26(22)25-21)18-10-6-7-11-20(18)28-17-8-4-3-5-9-17/h3-14,16,27H,2,15H2,1H3,(H,24,25). The molecule has 4 rings (SSSR count). The Bertz CT molecular complexity index is 1060. The Labute approximate surface area is 163 Å². The summed E-state index contributed by atoms with van der Waals surface area (Å²) in [5, 5.41) is 17.4. The van der Waals surface area contributed by atoms with Gasteiger partial charge in [-0.15, -0.1) is 5.10 Å². The first-order valence-electron chi connectivity index (χ1n) is 9.33. The molecule has 0 spiro atoms. The molecule has 6 nitrogen and oxygen atoms in total. The Morgan fingerprint density at radius 1 is 1.04 bits per heavy atom. The zero-order chi connectivity index (χ0) is 19.3. The highest BCUT2D eigenvalue weighted by atomic mass is 16.5. The monoisotopic (exact) mass is 374 g/mol. The van der Waals surface area contributed by atoms with Crippen molar-refractivity contribution in [2.24, 2.45) is 0 Å². The maximum Gasteiger partial charge on any atom is 0.154 e. The van der Waals surface area contributed by atoms with Gasteiger partial charge in [-0.2, -0.15) is 0 Å². The lowest BCUT2D eigenvalue weighted by Crippen LogP contribution is -2.23. The summed E-state index contributed by atoms with van der Waals surface area (Å²) in [6, 6.07) is 21.3. The number of hydrogen-bond donors (Lipinski definition) is 2. The number of nitrogens with zero attached hydrogens (tertiary/aromatic N) is 3. The Morgan fingerprint density at radius 3 is 2.61 bits per heavy atom. The number of aliphatic hydroxyl groups is 1. The van der Waals surface area contributed by atoms with Crippen LogP contribution >= 0.6 is 0 Å². The minimum atomic E-state index is -0.0365. The van der Waals surface area contributed by atoms with Crippen LogP contribution in [0.4, 0.5) is 5.82 Å². The number of aromatic nitrogens is 3. The number of ether oxygens (including phenoxy) is 1. The number of aliphatic hydroxyl groups excluding tert-OH is 1. The number of hydrogen-bond acceptors (Lipinski definition) is 5.